The van der Waals surface area contributed by atoms with E-state index in [9.17, 15) is 0 Å². The third-order valence-corrected chi connectivity index (χ3v) is 5.77. The highest BCUT2D eigenvalue weighted by atomic mass is 79.9. The zero-order valence-corrected chi connectivity index (χ0v) is 15.2. The monoisotopic (exact) mass is 406 g/mol. The largest absolute Gasteiger partial charge is 0.355 e. The third-order valence-electron chi connectivity index (χ3n) is 4.38. The number of fused-ring (bicyclic) bond motifs is 1. The van der Waals surface area contributed by atoms with Crippen molar-refractivity contribution < 1.29 is 4.74 Å². The molecule has 4 heteroatoms. The fraction of sp³-hybridized carbons (Fsp3) is 0.158. The minimum atomic E-state index is -0.374. The van der Waals surface area contributed by atoms with E-state index >= 15 is 0 Å². The van der Waals surface area contributed by atoms with Crippen LogP contribution in [-0.4, -0.2) is 5.33 Å². The minimum absolute atomic E-state index is 0.0622. The second-order valence-electron chi connectivity index (χ2n) is 5.75. The first kappa shape index (κ1) is 15.5. The fourth-order valence-corrected chi connectivity index (χ4v) is 4.31. The summed E-state index contributed by atoms with van der Waals surface area (Å²) in [5.41, 5.74) is 1.76. The maximum Gasteiger partial charge on any atom is 0.134 e. The maximum absolute atomic E-state index is 6.35. The lowest BCUT2D eigenvalue weighted by molar-refractivity contribution is 0.318. The van der Waals surface area contributed by atoms with Crippen LogP contribution >= 0.6 is 39.1 Å². The molecule has 3 aromatic carbocycles. The van der Waals surface area contributed by atoms with Gasteiger partial charge in [-0.2, -0.15) is 0 Å². The molecule has 4 rings (SSSR count). The van der Waals surface area contributed by atoms with Crippen molar-refractivity contribution >= 4 is 49.9 Å². The van der Waals surface area contributed by atoms with Crippen molar-refractivity contribution in [3.8, 4) is 0 Å². The Morgan fingerprint density at radius 2 is 1.74 bits per heavy atom. The summed E-state index contributed by atoms with van der Waals surface area (Å²) in [6.45, 7) is 0. The molecule has 0 amide bonds. The molecule has 1 aliphatic rings. The second kappa shape index (κ2) is 5.78. The minimum Gasteiger partial charge on any atom is -0.355 e. The van der Waals surface area contributed by atoms with Gasteiger partial charge in [-0.05, 0) is 34.5 Å². The van der Waals surface area contributed by atoms with Gasteiger partial charge in [-0.3, -0.25) is 0 Å². The Bertz CT molecular complexity index is 895. The molecule has 116 valence electrons. The van der Waals surface area contributed by atoms with E-state index in [1.54, 1.807) is 6.07 Å². The third kappa shape index (κ3) is 2.58. The lowest BCUT2D eigenvalue weighted by Gasteiger charge is -2.12. The first-order valence-electron chi connectivity index (χ1n) is 7.32. The number of halogens is 3. The molecule has 1 saturated heterocycles. The van der Waals surface area contributed by atoms with Crippen LogP contribution in [0, 0.1) is 0 Å². The first-order chi connectivity index (χ1) is 11.1. The summed E-state index contributed by atoms with van der Waals surface area (Å²) in [5.74, 6) is 0. The van der Waals surface area contributed by atoms with Crippen LogP contribution < -0.4 is 0 Å². The molecule has 1 nitrogen and oxygen atoms in total. The van der Waals surface area contributed by atoms with E-state index in [1.165, 1.54) is 10.8 Å². The molecule has 2 atom stereocenters. The molecular weight excluding hydrogens is 395 g/mol. The summed E-state index contributed by atoms with van der Waals surface area (Å²) in [7, 11) is 0. The molecule has 1 heterocycles. The molecule has 0 bridgehead atoms. The average Bonchev–Trinajstić information content (AvgIpc) is 3.30. The Morgan fingerprint density at radius 3 is 2.48 bits per heavy atom. The van der Waals surface area contributed by atoms with Crippen LogP contribution in [0.1, 0.15) is 17.2 Å². The molecule has 0 aliphatic carbocycles. The van der Waals surface area contributed by atoms with Crippen LogP contribution in [0.4, 0.5) is 0 Å². The number of alkyl halides is 1. The summed E-state index contributed by atoms with van der Waals surface area (Å²) in [6, 6.07) is 20.4. The maximum atomic E-state index is 6.35. The summed E-state index contributed by atoms with van der Waals surface area (Å²) >= 11 is 16.0. The molecule has 0 radical (unpaired) electrons. The van der Waals surface area contributed by atoms with Gasteiger partial charge in [0.1, 0.15) is 11.7 Å². The van der Waals surface area contributed by atoms with Crippen LogP contribution in [-0.2, 0) is 10.3 Å². The van der Waals surface area contributed by atoms with Crippen LogP contribution in [0.2, 0.25) is 10.0 Å². The molecule has 2 unspecified atom stereocenters. The lowest BCUT2D eigenvalue weighted by Crippen LogP contribution is -2.12. The van der Waals surface area contributed by atoms with Gasteiger partial charge in [-0.1, -0.05) is 81.6 Å². The standard InChI is InChI=1S/C19H13BrCl2O/c20-11-19(14-6-5-12-3-1-2-4-13(12)9-14)18(23-19)16-8-7-15(21)10-17(16)22/h1-10,18H,11H2. The Kier molecular flexibility index (Phi) is 3.89. The van der Waals surface area contributed by atoms with Gasteiger partial charge in [-0.15, -0.1) is 0 Å². The van der Waals surface area contributed by atoms with E-state index in [-0.39, 0.29) is 11.7 Å². The van der Waals surface area contributed by atoms with Gasteiger partial charge in [0.15, 0.2) is 0 Å². The van der Waals surface area contributed by atoms with Crippen LogP contribution in [0.5, 0.6) is 0 Å². The smallest absolute Gasteiger partial charge is 0.134 e. The summed E-state index contributed by atoms with van der Waals surface area (Å²) in [5, 5.41) is 4.42. The number of ether oxygens (including phenoxy) is 1. The summed E-state index contributed by atoms with van der Waals surface area (Å²) < 4.78 is 6.12. The predicted molar refractivity (Wildman–Crippen MR) is 99.7 cm³/mol. The van der Waals surface area contributed by atoms with Crippen molar-refractivity contribution in [2.45, 2.75) is 11.7 Å². The number of epoxide rings is 1. The van der Waals surface area contributed by atoms with Gasteiger partial charge in [0.25, 0.3) is 0 Å². The number of hydrogen-bond acceptors (Lipinski definition) is 1. The van der Waals surface area contributed by atoms with Gasteiger partial charge in [0.05, 0.1) is 0 Å². The highest BCUT2D eigenvalue weighted by Crippen LogP contribution is 2.59. The molecule has 1 fully saturated rings. The van der Waals surface area contributed by atoms with Crippen LogP contribution in [0.3, 0.4) is 0 Å². The number of hydrogen-bond donors (Lipinski definition) is 0. The van der Waals surface area contributed by atoms with Crippen LogP contribution in [0.25, 0.3) is 10.8 Å². The van der Waals surface area contributed by atoms with E-state index in [4.69, 9.17) is 27.9 Å². The van der Waals surface area contributed by atoms with Gasteiger partial charge in [0.2, 0.25) is 0 Å². The first-order valence-corrected chi connectivity index (χ1v) is 9.20. The highest BCUT2D eigenvalue weighted by molar-refractivity contribution is 9.09. The van der Waals surface area contributed by atoms with Crippen molar-refractivity contribution in [2.24, 2.45) is 0 Å². The Labute approximate surface area is 153 Å². The lowest BCUT2D eigenvalue weighted by atomic mass is 9.92. The molecule has 0 spiro atoms. The number of rotatable bonds is 3. The zero-order chi connectivity index (χ0) is 16.0. The van der Waals surface area contributed by atoms with Gasteiger partial charge < -0.3 is 4.74 Å². The zero-order valence-electron chi connectivity index (χ0n) is 12.1. The van der Waals surface area contributed by atoms with Crippen molar-refractivity contribution in [1.82, 2.24) is 0 Å². The van der Waals surface area contributed by atoms with Crippen molar-refractivity contribution in [3.05, 3.63) is 81.8 Å². The molecular formula is C19H13BrCl2O. The number of benzene rings is 3. The molecule has 1 aliphatic heterocycles. The highest BCUT2D eigenvalue weighted by Gasteiger charge is 2.58. The molecule has 0 N–H and O–H groups in total. The topological polar surface area (TPSA) is 12.5 Å². The normalized spacial score (nSPS) is 23.2. The van der Waals surface area contributed by atoms with E-state index < -0.39 is 0 Å². The molecule has 3 aromatic rings. The second-order valence-corrected chi connectivity index (χ2v) is 7.15. The average molecular weight is 408 g/mol. The molecule has 0 saturated carbocycles. The summed E-state index contributed by atoms with van der Waals surface area (Å²) in [6.07, 6.45) is -0.0622. The van der Waals surface area contributed by atoms with E-state index in [2.05, 4.69) is 46.3 Å². The molecule has 23 heavy (non-hydrogen) atoms. The van der Waals surface area contributed by atoms with Crippen molar-refractivity contribution in [3.63, 3.8) is 0 Å². The van der Waals surface area contributed by atoms with E-state index in [0.717, 1.165) is 11.1 Å². The summed E-state index contributed by atoms with van der Waals surface area (Å²) in [4.78, 5) is 0. The fourth-order valence-electron chi connectivity index (χ4n) is 3.06. The Balaban J connectivity index is 1.76. The van der Waals surface area contributed by atoms with Crippen LogP contribution in [0.15, 0.2) is 60.7 Å². The van der Waals surface area contributed by atoms with Gasteiger partial charge in [0, 0.05) is 20.9 Å². The molecule has 0 aromatic heterocycles. The van der Waals surface area contributed by atoms with Crippen molar-refractivity contribution in [2.75, 3.05) is 5.33 Å². The van der Waals surface area contributed by atoms with E-state index in [0.29, 0.717) is 15.4 Å². The van der Waals surface area contributed by atoms with E-state index in [1.807, 2.05) is 24.3 Å². The van der Waals surface area contributed by atoms with Gasteiger partial charge in [-0.25, -0.2) is 0 Å². The van der Waals surface area contributed by atoms with Gasteiger partial charge >= 0.3 is 0 Å². The quantitative estimate of drug-likeness (QED) is 0.356. The Morgan fingerprint density at radius 1 is 0.957 bits per heavy atom. The van der Waals surface area contributed by atoms with Crippen molar-refractivity contribution in [1.29, 1.82) is 0 Å². The Hall–Kier alpha value is -1.06. The predicted octanol–water partition coefficient (Wildman–Crippen LogP) is 6.51. The SMILES string of the molecule is Clc1ccc(C2OC2(CBr)c2ccc3ccccc3c2)c(Cl)c1.